The summed E-state index contributed by atoms with van der Waals surface area (Å²) in [6.45, 7) is 4.02. The number of hydrogen-bond donors (Lipinski definition) is 3. The van der Waals surface area contributed by atoms with E-state index >= 15 is 0 Å². The lowest BCUT2D eigenvalue weighted by molar-refractivity contribution is 0.0470. The van der Waals surface area contributed by atoms with Gasteiger partial charge in [0.15, 0.2) is 0 Å². The number of nitrogens with one attached hydrogen (secondary N) is 2. The lowest BCUT2D eigenvalue weighted by Crippen LogP contribution is -2.40. The fraction of sp³-hybridized carbons (Fsp3) is 0.400. The molecule has 0 bridgehead atoms. The van der Waals surface area contributed by atoms with Crippen molar-refractivity contribution in [1.82, 2.24) is 10.3 Å². The Balaban J connectivity index is 2.08. The van der Waals surface area contributed by atoms with Crippen LogP contribution in [0, 0.1) is 0 Å². The molecule has 1 atom stereocenters. The predicted molar refractivity (Wildman–Crippen MR) is 76.2 cm³/mol. The summed E-state index contributed by atoms with van der Waals surface area (Å²) in [5.41, 5.74) is 0.701. The number of carbonyl (C=O) groups excluding carboxylic acids is 1. The Kier molecular flexibility index (Phi) is 3.90. The number of hydrogen-bond acceptors (Lipinski definition) is 2. The average molecular weight is 260 g/mol. The Morgan fingerprint density at radius 1 is 1.42 bits per heavy atom. The van der Waals surface area contributed by atoms with Gasteiger partial charge in [-0.25, -0.2) is 0 Å². The van der Waals surface area contributed by atoms with Gasteiger partial charge in [0.05, 0.1) is 11.2 Å². The van der Waals surface area contributed by atoms with Crippen LogP contribution in [0.15, 0.2) is 30.5 Å². The smallest absolute Gasteiger partial charge is 0.253 e. The molecule has 19 heavy (non-hydrogen) atoms. The van der Waals surface area contributed by atoms with Crippen LogP contribution in [0.3, 0.4) is 0 Å². The Bertz CT molecular complexity index is 572. The number of fused-ring (bicyclic) bond motifs is 1. The molecular weight excluding hydrogens is 240 g/mol. The van der Waals surface area contributed by atoms with Crippen molar-refractivity contribution >= 4 is 16.8 Å². The van der Waals surface area contributed by atoms with E-state index in [2.05, 4.69) is 10.3 Å². The van der Waals surface area contributed by atoms with E-state index in [4.69, 9.17) is 0 Å². The number of rotatable bonds is 5. The second kappa shape index (κ2) is 5.45. The Hall–Kier alpha value is -1.81. The van der Waals surface area contributed by atoms with Crippen LogP contribution < -0.4 is 5.32 Å². The third-order valence-corrected chi connectivity index (χ3v) is 3.25. The van der Waals surface area contributed by atoms with Gasteiger partial charge in [0.25, 0.3) is 5.91 Å². The lowest BCUT2D eigenvalue weighted by Gasteiger charge is -2.22. The highest BCUT2D eigenvalue weighted by Crippen LogP contribution is 2.18. The van der Waals surface area contributed by atoms with Gasteiger partial charge in [-0.15, -0.1) is 0 Å². The first-order valence-corrected chi connectivity index (χ1v) is 6.60. The third kappa shape index (κ3) is 3.15. The van der Waals surface area contributed by atoms with Gasteiger partial charge >= 0.3 is 0 Å². The third-order valence-electron chi connectivity index (χ3n) is 3.25. The molecule has 0 spiro atoms. The van der Waals surface area contributed by atoms with Crippen LogP contribution >= 0.6 is 0 Å². The zero-order valence-electron chi connectivity index (χ0n) is 11.4. The van der Waals surface area contributed by atoms with E-state index < -0.39 is 5.60 Å². The van der Waals surface area contributed by atoms with Crippen molar-refractivity contribution in [2.24, 2.45) is 0 Å². The Morgan fingerprint density at radius 3 is 2.89 bits per heavy atom. The van der Waals surface area contributed by atoms with Gasteiger partial charge in [-0.1, -0.05) is 31.5 Å². The molecule has 102 valence electrons. The second-order valence-corrected chi connectivity index (χ2v) is 5.18. The van der Waals surface area contributed by atoms with Crippen LogP contribution in [0.1, 0.15) is 37.0 Å². The molecule has 3 N–H and O–H groups in total. The molecule has 1 aromatic heterocycles. The molecule has 4 heteroatoms. The minimum Gasteiger partial charge on any atom is -0.388 e. The zero-order chi connectivity index (χ0) is 13.9. The summed E-state index contributed by atoms with van der Waals surface area (Å²) in [5.74, 6) is -0.158. The van der Waals surface area contributed by atoms with Gasteiger partial charge in [-0.05, 0) is 19.4 Å². The van der Waals surface area contributed by atoms with E-state index in [0.29, 0.717) is 12.0 Å². The van der Waals surface area contributed by atoms with E-state index in [1.807, 2.05) is 31.2 Å². The van der Waals surface area contributed by atoms with Crippen LogP contribution in [0.4, 0.5) is 0 Å². The van der Waals surface area contributed by atoms with Gasteiger partial charge in [-0.2, -0.15) is 0 Å². The summed E-state index contributed by atoms with van der Waals surface area (Å²) < 4.78 is 0. The number of aromatic nitrogens is 1. The van der Waals surface area contributed by atoms with Crippen molar-refractivity contribution in [3.05, 3.63) is 36.0 Å². The van der Waals surface area contributed by atoms with Crippen LogP contribution in [0.2, 0.25) is 0 Å². The van der Waals surface area contributed by atoms with E-state index in [-0.39, 0.29) is 12.5 Å². The minimum absolute atomic E-state index is 0.158. The Labute approximate surface area is 112 Å². The number of aliphatic hydroxyl groups is 1. The predicted octanol–water partition coefficient (Wildman–Crippen LogP) is 2.45. The van der Waals surface area contributed by atoms with Crippen LogP contribution in [-0.2, 0) is 0 Å². The maximum Gasteiger partial charge on any atom is 0.253 e. The summed E-state index contributed by atoms with van der Waals surface area (Å²) in [6.07, 6.45) is 3.26. The first-order valence-electron chi connectivity index (χ1n) is 6.60. The summed E-state index contributed by atoms with van der Waals surface area (Å²) in [4.78, 5) is 15.2. The second-order valence-electron chi connectivity index (χ2n) is 5.18. The number of aromatic amines is 1. The van der Waals surface area contributed by atoms with Crippen molar-refractivity contribution in [2.45, 2.75) is 32.3 Å². The standard InChI is InChI=1S/C15H20N2O2/c1-3-8-15(2,19)10-17-14(18)12-9-16-13-7-5-4-6-11(12)13/h4-7,9,16,19H,3,8,10H2,1-2H3,(H,17,18). The molecule has 0 aliphatic heterocycles. The molecule has 0 aliphatic rings. The quantitative estimate of drug-likeness (QED) is 0.773. The molecule has 2 rings (SSSR count). The van der Waals surface area contributed by atoms with Crippen LogP contribution in [0.5, 0.6) is 0 Å². The fourth-order valence-electron chi connectivity index (χ4n) is 2.25. The van der Waals surface area contributed by atoms with E-state index in [1.54, 1.807) is 13.1 Å². The monoisotopic (exact) mass is 260 g/mol. The first kappa shape index (κ1) is 13.6. The van der Waals surface area contributed by atoms with Crippen LogP contribution in [-0.4, -0.2) is 28.1 Å². The minimum atomic E-state index is -0.851. The van der Waals surface area contributed by atoms with Crippen molar-refractivity contribution in [3.63, 3.8) is 0 Å². The molecule has 1 aromatic carbocycles. The summed E-state index contributed by atoms with van der Waals surface area (Å²) in [7, 11) is 0. The molecule has 0 fully saturated rings. The molecule has 0 saturated carbocycles. The highest BCUT2D eigenvalue weighted by atomic mass is 16.3. The zero-order valence-corrected chi connectivity index (χ0v) is 11.4. The van der Waals surface area contributed by atoms with Gasteiger partial charge < -0.3 is 15.4 Å². The number of amides is 1. The summed E-state index contributed by atoms with van der Waals surface area (Å²) in [5, 5.41) is 13.7. The largest absolute Gasteiger partial charge is 0.388 e. The molecule has 4 nitrogen and oxygen atoms in total. The van der Waals surface area contributed by atoms with E-state index in [0.717, 1.165) is 17.3 Å². The van der Waals surface area contributed by atoms with E-state index in [1.165, 1.54) is 0 Å². The molecule has 1 heterocycles. The average Bonchev–Trinajstić information content (AvgIpc) is 2.80. The molecule has 1 unspecified atom stereocenters. The first-order chi connectivity index (χ1) is 9.03. The van der Waals surface area contributed by atoms with Gasteiger partial charge in [0, 0.05) is 23.6 Å². The molecule has 0 saturated heterocycles. The van der Waals surface area contributed by atoms with E-state index in [9.17, 15) is 9.90 Å². The van der Waals surface area contributed by atoms with Crippen molar-refractivity contribution in [1.29, 1.82) is 0 Å². The maximum absolute atomic E-state index is 12.1. The fourth-order valence-corrected chi connectivity index (χ4v) is 2.25. The van der Waals surface area contributed by atoms with Gasteiger partial charge in [0.2, 0.25) is 0 Å². The maximum atomic E-state index is 12.1. The van der Waals surface area contributed by atoms with Crippen LogP contribution in [0.25, 0.3) is 10.9 Å². The molecule has 0 aliphatic carbocycles. The van der Waals surface area contributed by atoms with Crippen molar-refractivity contribution < 1.29 is 9.90 Å². The number of carbonyl (C=O) groups is 1. The number of H-pyrrole nitrogens is 1. The molecule has 0 radical (unpaired) electrons. The highest BCUT2D eigenvalue weighted by Gasteiger charge is 2.21. The number of para-hydroxylation sites is 1. The summed E-state index contributed by atoms with van der Waals surface area (Å²) in [6, 6.07) is 7.66. The topological polar surface area (TPSA) is 65.1 Å². The lowest BCUT2D eigenvalue weighted by atomic mass is 10.0. The normalized spacial score (nSPS) is 14.3. The number of benzene rings is 1. The molecule has 1 amide bonds. The SMILES string of the molecule is CCCC(C)(O)CNC(=O)c1c[nH]c2ccccc12. The van der Waals surface area contributed by atoms with Crippen molar-refractivity contribution in [3.8, 4) is 0 Å². The Morgan fingerprint density at radius 2 is 2.16 bits per heavy atom. The highest BCUT2D eigenvalue weighted by molar-refractivity contribution is 6.06. The van der Waals surface area contributed by atoms with Gasteiger partial charge in [-0.3, -0.25) is 4.79 Å². The van der Waals surface area contributed by atoms with Gasteiger partial charge in [0.1, 0.15) is 0 Å². The van der Waals surface area contributed by atoms with Crippen molar-refractivity contribution in [2.75, 3.05) is 6.54 Å². The molecular formula is C15H20N2O2. The summed E-state index contributed by atoms with van der Waals surface area (Å²) >= 11 is 0. The molecule has 2 aromatic rings.